The van der Waals surface area contributed by atoms with Crippen molar-refractivity contribution in [3.05, 3.63) is 0 Å². The van der Waals surface area contributed by atoms with E-state index in [0.29, 0.717) is 43.4 Å². The molecule has 0 saturated heterocycles. The van der Waals surface area contributed by atoms with Gasteiger partial charge in [-0.05, 0) is 104 Å². The average Bonchev–Trinajstić information content (AvgIpc) is 3.15. The third-order valence-electron chi connectivity index (χ3n) is 11.2. The van der Waals surface area contributed by atoms with Crippen molar-refractivity contribution in [1.29, 1.82) is 0 Å². The van der Waals surface area contributed by atoms with Crippen LogP contribution in [0.3, 0.4) is 0 Å². The van der Waals surface area contributed by atoms with Crippen LogP contribution in [0.5, 0.6) is 0 Å². The largest absolute Gasteiger partial charge is 1.00 e. The van der Waals surface area contributed by atoms with Crippen molar-refractivity contribution in [2.45, 2.75) is 97.2 Å². The van der Waals surface area contributed by atoms with Gasteiger partial charge in [-0.3, -0.25) is 8.98 Å². The van der Waals surface area contributed by atoms with E-state index in [-0.39, 0.29) is 107 Å². The van der Waals surface area contributed by atoms with E-state index in [1.807, 2.05) is 0 Å². The predicted octanol–water partition coefficient (Wildman–Crippen LogP) is -3.45. The van der Waals surface area contributed by atoms with E-state index in [1.54, 1.807) is 0 Å². The van der Waals surface area contributed by atoms with Crippen LogP contribution in [0, 0.1) is 46.3 Å². The monoisotopic (exact) mass is 623 g/mol. The summed E-state index contributed by atoms with van der Waals surface area (Å²) in [6.45, 7) is 6.47. The van der Waals surface area contributed by atoms with Gasteiger partial charge in [-0.15, -0.1) is 0 Å². The van der Waals surface area contributed by atoms with Gasteiger partial charge in [0.25, 0.3) is 0 Å². The van der Waals surface area contributed by atoms with E-state index in [9.17, 15) is 35.8 Å². The SMILES string of the molecule is C[C@H](CCC(=O)NCCS(=O)(=O)[O-])[C@H]1CC[C@H]2[C@@H]3CC[C@@H]4C[C@H](OS(=O)(=O)[O-])CC[C@]4(C)[C@H]3C[C@H](O)[C@]12C.[Na+].[Na+]. The Bertz CT molecular complexity index is 1110. The summed E-state index contributed by atoms with van der Waals surface area (Å²) in [7, 11) is -9.08. The van der Waals surface area contributed by atoms with Gasteiger partial charge in [-0.25, -0.2) is 16.8 Å². The molecule has 4 saturated carbocycles. The molecule has 0 unspecified atom stereocenters. The average molecular weight is 624 g/mol. The third kappa shape index (κ3) is 8.07. The molecule has 0 spiro atoms. The predicted molar refractivity (Wildman–Crippen MR) is 137 cm³/mol. The minimum Gasteiger partial charge on any atom is -0.748 e. The van der Waals surface area contributed by atoms with Crippen molar-refractivity contribution in [3.8, 4) is 0 Å². The summed E-state index contributed by atoms with van der Waals surface area (Å²) < 4.78 is 70.5. The molecular formula is C26H43NNa2O9S2. The number of carbonyl (C=O) groups is 1. The molecule has 220 valence electrons. The van der Waals surface area contributed by atoms with Gasteiger partial charge in [-0.2, -0.15) is 0 Å². The van der Waals surface area contributed by atoms with E-state index in [4.69, 9.17) is 4.18 Å². The van der Waals surface area contributed by atoms with Crippen molar-refractivity contribution < 1.29 is 99.1 Å². The van der Waals surface area contributed by atoms with E-state index < -0.39 is 38.5 Å². The maximum absolute atomic E-state index is 12.2. The molecule has 4 fully saturated rings. The van der Waals surface area contributed by atoms with Crippen molar-refractivity contribution in [1.82, 2.24) is 5.32 Å². The Hall–Kier alpha value is 1.21. The Morgan fingerprint density at radius 2 is 1.70 bits per heavy atom. The first-order valence-corrected chi connectivity index (χ1v) is 17.0. The second-order valence-corrected chi connectivity index (χ2v) is 15.5. The normalized spacial score (nSPS) is 39.9. The van der Waals surface area contributed by atoms with Gasteiger partial charge in [0.2, 0.25) is 16.3 Å². The fraction of sp³-hybridized carbons (Fsp3) is 0.962. The Kier molecular flexibility index (Phi) is 13.2. The fourth-order valence-electron chi connectivity index (χ4n) is 9.36. The molecule has 0 aromatic rings. The van der Waals surface area contributed by atoms with Crippen LogP contribution >= 0.6 is 0 Å². The topological polar surface area (TPSA) is 173 Å². The molecule has 0 aromatic heterocycles. The molecule has 40 heavy (non-hydrogen) atoms. The van der Waals surface area contributed by atoms with Crippen molar-refractivity contribution in [3.63, 3.8) is 0 Å². The maximum atomic E-state index is 12.2. The number of rotatable bonds is 9. The van der Waals surface area contributed by atoms with Crippen LogP contribution in [0.25, 0.3) is 0 Å². The van der Waals surface area contributed by atoms with Crippen molar-refractivity contribution >= 4 is 26.4 Å². The van der Waals surface area contributed by atoms with Crippen LogP contribution in [-0.4, -0.2) is 61.5 Å². The van der Waals surface area contributed by atoms with Gasteiger partial charge in [0.05, 0.1) is 28.1 Å². The number of hydrogen-bond acceptors (Lipinski definition) is 9. The second-order valence-electron chi connectivity index (χ2n) is 13.0. The first kappa shape index (κ1) is 37.4. The molecule has 4 aliphatic rings. The molecule has 2 N–H and O–H groups in total. The number of carbonyl (C=O) groups excluding carboxylic acids is 1. The van der Waals surface area contributed by atoms with E-state index >= 15 is 0 Å². The van der Waals surface area contributed by atoms with Crippen LogP contribution in [-0.2, 0) is 29.5 Å². The Balaban J connectivity index is 0.00000280. The van der Waals surface area contributed by atoms with Crippen LogP contribution in [0.2, 0.25) is 0 Å². The van der Waals surface area contributed by atoms with Crippen molar-refractivity contribution in [2.24, 2.45) is 46.3 Å². The number of aliphatic hydroxyl groups is 1. The fourth-order valence-corrected chi connectivity index (χ4v) is 10.2. The number of aliphatic hydroxyl groups excluding tert-OH is 1. The molecule has 14 heteroatoms. The molecule has 0 aliphatic heterocycles. The van der Waals surface area contributed by atoms with Crippen LogP contribution in [0.4, 0.5) is 0 Å². The molecule has 4 aliphatic carbocycles. The quantitative estimate of drug-likeness (QED) is 0.150. The van der Waals surface area contributed by atoms with Gasteiger partial charge in [0, 0.05) is 13.0 Å². The van der Waals surface area contributed by atoms with Crippen LogP contribution < -0.4 is 64.4 Å². The first-order chi connectivity index (χ1) is 17.5. The van der Waals surface area contributed by atoms with Gasteiger partial charge >= 0.3 is 59.1 Å². The van der Waals surface area contributed by atoms with E-state index in [1.165, 1.54) is 0 Å². The van der Waals surface area contributed by atoms with Gasteiger partial charge in [-0.1, -0.05) is 20.8 Å². The molecular weight excluding hydrogens is 580 g/mol. The smallest absolute Gasteiger partial charge is 0.748 e. The second kappa shape index (κ2) is 14.1. The van der Waals surface area contributed by atoms with Gasteiger partial charge < -0.3 is 19.5 Å². The van der Waals surface area contributed by atoms with Crippen LogP contribution in [0.1, 0.15) is 85.0 Å². The molecule has 1 amide bonds. The molecule has 0 heterocycles. The van der Waals surface area contributed by atoms with E-state index in [0.717, 1.165) is 32.1 Å². The summed E-state index contributed by atoms with van der Waals surface area (Å²) in [6.07, 6.45) is 6.51. The summed E-state index contributed by atoms with van der Waals surface area (Å²) in [5.74, 6) is 1.09. The Labute approximate surface area is 284 Å². The standard InChI is InChI=1S/C26H45NO9S2.2Na/c1-16(4-9-24(29)27-12-13-37(30,31)32)20-7-8-21-19-6-5-17-14-18(36-38(33,34)35)10-11-25(17,2)22(19)15-23(28)26(20,21)3;;/h16-23,28H,4-15H2,1-3H3,(H,27,29)(H,30,31,32)(H,33,34,35);;/q;2*+1/p-2/t16-,17-,18-,19+,20-,21+,22+,23+,25+,26-;;/m1../s1. The summed E-state index contributed by atoms with van der Waals surface area (Å²) in [5, 5.41) is 14.2. The third-order valence-corrected chi connectivity index (χ3v) is 12.4. The van der Waals surface area contributed by atoms with Gasteiger partial charge in [0.1, 0.15) is 0 Å². The Morgan fingerprint density at radius 1 is 1.02 bits per heavy atom. The number of amides is 1. The minimum absolute atomic E-state index is 0. The zero-order chi connectivity index (χ0) is 28.1. The number of hydrogen-bond donors (Lipinski definition) is 2. The summed E-state index contributed by atoms with van der Waals surface area (Å²) in [4.78, 5) is 12.2. The molecule has 10 atom stereocenters. The van der Waals surface area contributed by atoms with Crippen LogP contribution in [0.15, 0.2) is 0 Å². The number of nitrogens with one attached hydrogen (secondary N) is 1. The molecule has 4 rings (SSSR count). The maximum Gasteiger partial charge on any atom is 1.00 e. The molecule has 0 radical (unpaired) electrons. The zero-order valence-corrected chi connectivity index (χ0v) is 30.3. The first-order valence-electron chi connectivity index (χ1n) is 14.1. The summed E-state index contributed by atoms with van der Waals surface area (Å²) in [6, 6.07) is 0. The molecule has 10 nitrogen and oxygen atoms in total. The van der Waals surface area contributed by atoms with Crippen molar-refractivity contribution in [2.75, 3.05) is 12.3 Å². The summed E-state index contributed by atoms with van der Waals surface area (Å²) >= 11 is 0. The van der Waals surface area contributed by atoms with E-state index in [2.05, 4.69) is 26.1 Å². The zero-order valence-electron chi connectivity index (χ0n) is 24.6. The molecule has 0 aromatic carbocycles. The minimum atomic E-state index is -4.72. The number of fused-ring (bicyclic) bond motifs is 5. The molecule has 0 bridgehead atoms. The Morgan fingerprint density at radius 3 is 2.33 bits per heavy atom. The summed E-state index contributed by atoms with van der Waals surface area (Å²) in [5.41, 5.74) is -0.259. The van der Waals surface area contributed by atoms with Gasteiger partial charge in [0.15, 0.2) is 0 Å².